The van der Waals surface area contributed by atoms with Crippen LogP contribution < -0.4 is 10.1 Å². The number of nitrogens with one attached hydrogen (secondary N) is 1. The van der Waals surface area contributed by atoms with Gasteiger partial charge in [0.25, 0.3) is 0 Å². The van der Waals surface area contributed by atoms with E-state index in [0.29, 0.717) is 22.3 Å². The highest BCUT2D eigenvalue weighted by Crippen LogP contribution is 2.19. The van der Waals surface area contributed by atoms with E-state index in [9.17, 15) is 4.79 Å². The number of anilines is 1. The molecule has 1 amide bonds. The number of aromatic nitrogens is 4. The number of ether oxygens (including phenoxy) is 1. The summed E-state index contributed by atoms with van der Waals surface area (Å²) < 4.78 is 5.17. The van der Waals surface area contributed by atoms with Crippen LogP contribution in [0.5, 0.6) is 5.75 Å². The van der Waals surface area contributed by atoms with Crippen molar-refractivity contribution in [1.82, 2.24) is 20.2 Å². The second-order valence-electron chi connectivity index (χ2n) is 4.93. The highest BCUT2D eigenvalue weighted by Gasteiger charge is 2.10. The summed E-state index contributed by atoms with van der Waals surface area (Å²) in [6.07, 6.45) is 0. The van der Waals surface area contributed by atoms with Crippen LogP contribution in [0.2, 0.25) is 5.02 Å². The van der Waals surface area contributed by atoms with Crippen LogP contribution in [0, 0.1) is 0 Å². The molecule has 3 rings (SSSR count). The topological polar surface area (TPSA) is 81.9 Å². The number of amides is 1. The molecule has 2 aromatic carbocycles. The maximum absolute atomic E-state index is 12.0. The zero-order valence-electron chi connectivity index (χ0n) is 12.8. The number of nitrogens with zero attached hydrogens (tertiary/aromatic N) is 4. The van der Waals surface area contributed by atoms with Gasteiger partial charge in [0.15, 0.2) is 0 Å². The van der Waals surface area contributed by atoms with E-state index in [0.717, 1.165) is 5.56 Å². The largest absolute Gasteiger partial charge is 0.497 e. The second-order valence-corrected chi connectivity index (χ2v) is 5.37. The third-order valence-electron chi connectivity index (χ3n) is 3.19. The van der Waals surface area contributed by atoms with Crippen molar-refractivity contribution >= 4 is 23.2 Å². The molecule has 0 spiro atoms. The maximum atomic E-state index is 12.0. The van der Waals surface area contributed by atoms with Crippen molar-refractivity contribution in [2.24, 2.45) is 0 Å². The molecular formula is C16H14ClN5O2. The van der Waals surface area contributed by atoms with Gasteiger partial charge >= 0.3 is 0 Å². The van der Waals surface area contributed by atoms with Crippen LogP contribution in [-0.2, 0) is 11.3 Å². The summed E-state index contributed by atoms with van der Waals surface area (Å²) >= 11 is 5.81. The van der Waals surface area contributed by atoms with Crippen LogP contribution >= 0.6 is 11.6 Å². The summed E-state index contributed by atoms with van der Waals surface area (Å²) in [5.41, 5.74) is 1.41. The second kappa shape index (κ2) is 7.10. The molecule has 0 aliphatic carbocycles. The molecular weight excluding hydrogens is 330 g/mol. The van der Waals surface area contributed by atoms with Crippen molar-refractivity contribution in [3.8, 4) is 17.1 Å². The summed E-state index contributed by atoms with van der Waals surface area (Å²) in [6.45, 7) is -0.0421. The van der Waals surface area contributed by atoms with Crippen LogP contribution in [0.4, 0.5) is 5.69 Å². The Morgan fingerprint density at radius 3 is 2.79 bits per heavy atom. The molecule has 1 heterocycles. The molecule has 0 aliphatic heterocycles. The Kier molecular flexibility index (Phi) is 4.72. The van der Waals surface area contributed by atoms with E-state index in [1.807, 2.05) is 18.2 Å². The van der Waals surface area contributed by atoms with Crippen molar-refractivity contribution in [3.05, 3.63) is 53.6 Å². The molecule has 24 heavy (non-hydrogen) atoms. The lowest BCUT2D eigenvalue weighted by atomic mass is 10.2. The van der Waals surface area contributed by atoms with Gasteiger partial charge in [0, 0.05) is 16.3 Å². The molecule has 3 aromatic rings. The third-order valence-corrected chi connectivity index (χ3v) is 3.45. The summed E-state index contributed by atoms with van der Waals surface area (Å²) in [4.78, 5) is 13.3. The van der Waals surface area contributed by atoms with Crippen LogP contribution in [0.25, 0.3) is 11.4 Å². The number of carbonyl (C=O) groups excluding carboxylic acids is 1. The Morgan fingerprint density at radius 2 is 2.04 bits per heavy atom. The molecule has 0 fully saturated rings. The van der Waals surface area contributed by atoms with Gasteiger partial charge in [-0.25, -0.2) is 0 Å². The number of methoxy groups -OCH3 is 1. The first-order chi connectivity index (χ1) is 11.6. The number of halogens is 1. The molecule has 0 saturated heterocycles. The van der Waals surface area contributed by atoms with Crippen molar-refractivity contribution in [2.45, 2.75) is 6.54 Å². The summed E-state index contributed by atoms with van der Waals surface area (Å²) in [7, 11) is 1.59. The van der Waals surface area contributed by atoms with Crippen molar-refractivity contribution in [2.75, 3.05) is 12.4 Å². The predicted molar refractivity (Wildman–Crippen MR) is 89.9 cm³/mol. The zero-order valence-corrected chi connectivity index (χ0v) is 13.6. The molecule has 0 unspecified atom stereocenters. The fourth-order valence-electron chi connectivity index (χ4n) is 2.05. The maximum Gasteiger partial charge on any atom is 0.248 e. The van der Waals surface area contributed by atoms with Gasteiger partial charge in [-0.2, -0.15) is 4.80 Å². The summed E-state index contributed by atoms with van der Waals surface area (Å²) in [5, 5.41) is 15.4. The third kappa shape index (κ3) is 3.88. The minimum Gasteiger partial charge on any atom is -0.497 e. The lowest BCUT2D eigenvalue weighted by molar-refractivity contribution is -0.117. The van der Waals surface area contributed by atoms with E-state index in [-0.39, 0.29) is 12.5 Å². The Morgan fingerprint density at radius 1 is 1.25 bits per heavy atom. The average Bonchev–Trinajstić information content (AvgIpc) is 3.05. The Labute approximate surface area is 143 Å². The number of hydrogen-bond donors (Lipinski definition) is 1. The Balaban J connectivity index is 1.67. The fourth-order valence-corrected chi connectivity index (χ4v) is 2.18. The van der Waals surface area contributed by atoms with Gasteiger partial charge in [-0.15, -0.1) is 10.2 Å². The Bertz CT molecular complexity index is 848. The molecule has 0 bridgehead atoms. The van der Waals surface area contributed by atoms with Gasteiger partial charge in [0.1, 0.15) is 12.3 Å². The van der Waals surface area contributed by atoms with Crippen molar-refractivity contribution < 1.29 is 9.53 Å². The van der Waals surface area contributed by atoms with E-state index in [4.69, 9.17) is 16.3 Å². The van der Waals surface area contributed by atoms with Gasteiger partial charge in [0.2, 0.25) is 11.7 Å². The first kappa shape index (κ1) is 15.9. The first-order valence-corrected chi connectivity index (χ1v) is 7.49. The van der Waals surface area contributed by atoms with Crippen molar-refractivity contribution in [3.63, 3.8) is 0 Å². The predicted octanol–water partition coefficient (Wildman–Crippen LogP) is 2.64. The summed E-state index contributed by atoms with van der Waals surface area (Å²) in [5.74, 6) is 0.865. The van der Waals surface area contributed by atoms with Gasteiger partial charge in [-0.1, -0.05) is 23.7 Å². The molecule has 8 heteroatoms. The minimum absolute atomic E-state index is 0.0421. The van der Waals surface area contributed by atoms with Gasteiger partial charge in [-0.05, 0) is 41.6 Å². The first-order valence-electron chi connectivity index (χ1n) is 7.12. The summed E-state index contributed by atoms with van der Waals surface area (Å²) in [6, 6.07) is 14.1. The smallest absolute Gasteiger partial charge is 0.248 e. The number of tetrazole rings is 1. The minimum atomic E-state index is -0.257. The van der Waals surface area contributed by atoms with Crippen LogP contribution in [-0.4, -0.2) is 33.2 Å². The number of rotatable bonds is 5. The van der Waals surface area contributed by atoms with Crippen LogP contribution in [0.1, 0.15) is 0 Å². The quantitative estimate of drug-likeness (QED) is 0.770. The molecule has 122 valence electrons. The van der Waals surface area contributed by atoms with E-state index in [1.165, 1.54) is 4.80 Å². The highest BCUT2D eigenvalue weighted by atomic mass is 35.5. The lowest BCUT2D eigenvalue weighted by Crippen LogP contribution is -2.20. The standard InChI is InChI=1S/C16H14ClN5O2/c1-24-14-4-2-3-11(9-14)16-19-21-22(20-16)10-15(23)18-13-7-5-12(17)6-8-13/h2-9H,10H2,1H3,(H,18,23). The molecule has 1 aromatic heterocycles. The molecule has 1 N–H and O–H groups in total. The van der Waals surface area contributed by atoms with Crippen LogP contribution in [0.3, 0.4) is 0 Å². The normalized spacial score (nSPS) is 10.4. The van der Waals surface area contributed by atoms with Gasteiger partial charge in [0.05, 0.1) is 7.11 Å². The van der Waals surface area contributed by atoms with Gasteiger partial charge < -0.3 is 10.1 Å². The fraction of sp³-hybridized carbons (Fsp3) is 0.125. The highest BCUT2D eigenvalue weighted by molar-refractivity contribution is 6.30. The van der Waals surface area contributed by atoms with E-state index in [2.05, 4.69) is 20.7 Å². The number of benzene rings is 2. The molecule has 7 nitrogen and oxygen atoms in total. The zero-order chi connectivity index (χ0) is 16.9. The van der Waals surface area contributed by atoms with Crippen LogP contribution in [0.15, 0.2) is 48.5 Å². The van der Waals surface area contributed by atoms with E-state index < -0.39 is 0 Å². The molecule has 0 aliphatic rings. The van der Waals surface area contributed by atoms with E-state index >= 15 is 0 Å². The van der Waals surface area contributed by atoms with E-state index in [1.54, 1.807) is 37.4 Å². The van der Waals surface area contributed by atoms with Gasteiger partial charge in [-0.3, -0.25) is 4.79 Å². The number of hydrogen-bond acceptors (Lipinski definition) is 5. The Hall–Kier alpha value is -2.93. The van der Waals surface area contributed by atoms with Crippen molar-refractivity contribution in [1.29, 1.82) is 0 Å². The molecule has 0 radical (unpaired) electrons. The average molecular weight is 344 g/mol. The number of carbonyl (C=O) groups is 1. The lowest BCUT2D eigenvalue weighted by Gasteiger charge is -2.04. The monoisotopic (exact) mass is 343 g/mol. The SMILES string of the molecule is COc1cccc(-c2nnn(CC(=O)Nc3ccc(Cl)cc3)n2)c1. The molecule has 0 saturated carbocycles. The molecule has 0 atom stereocenters.